The molecule has 1 aromatic heterocycles. The summed E-state index contributed by atoms with van der Waals surface area (Å²) in [5.41, 5.74) is 10.7. The van der Waals surface area contributed by atoms with Crippen LogP contribution >= 0.6 is 0 Å². The van der Waals surface area contributed by atoms with Gasteiger partial charge in [0.1, 0.15) is 0 Å². The summed E-state index contributed by atoms with van der Waals surface area (Å²) < 4.78 is 0. The fourth-order valence-electron chi connectivity index (χ4n) is 4.93. The predicted molar refractivity (Wildman–Crippen MR) is 124 cm³/mol. The molecule has 0 fully saturated rings. The summed E-state index contributed by atoms with van der Waals surface area (Å²) in [7, 11) is 2.23. The van der Waals surface area contributed by atoms with Gasteiger partial charge in [0.15, 0.2) is 0 Å². The molecule has 2 heteroatoms. The number of anilines is 1. The molecule has 1 aliphatic rings. The number of para-hydroxylation sites is 1. The first kappa shape index (κ1) is 19.7. The molecule has 2 aromatic carbocycles. The number of aryl methyl sites for hydroxylation is 4. The minimum Gasteiger partial charge on any atom is -0.367 e. The van der Waals surface area contributed by atoms with Crippen molar-refractivity contribution in [2.75, 3.05) is 11.9 Å². The van der Waals surface area contributed by atoms with Crippen LogP contribution in [0.15, 0.2) is 54.6 Å². The minimum absolute atomic E-state index is 0.398. The molecule has 0 bridgehead atoms. The third-order valence-corrected chi connectivity index (χ3v) is 6.45. The standard InChI is InChI=1S/C27H32N2/c1-5-20-12-10-13-21(6-2)27(20)24-18-19(3)26-23(28-24)16-11-17-25(26)29(4)22-14-8-7-9-15-22/h7-10,12-15,18,25H,5-6,11,16-17H2,1-4H3. The van der Waals surface area contributed by atoms with Crippen LogP contribution in [0.25, 0.3) is 11.3 Å². The maximum Gasteiger partial charge on any atom is 0.0713 e. The van der Waals surface area contributed by atoms with Gasteiger partial charge in [0, 0.05) is 24.0 Å². The van der Waals surface area contributed by atoms with Gasteiger partial charge in [-0.25, -0.2) is 0 Å². The lowest BCUT2D eigenvalue weighted by Gasteiger charge is -2.36. The molecule has 0 saturated carbocycles. The molecule has 0 spiro atoms. The summed E-state index contributed by atoms with van der Waals surface area (Å²) in [5, 5.41) is 0. The van der Waals surface area contributed by atoms with Crippen LogP contribution in [-0.2, 0) is 19.3 Å². The van der Waals surface area contributed by atoms with E-state index >= 15 is 0 Å². The molecule has 29 heavy (non-hydrogen) atoms. The summed E-state index contributed by atoms with van der Waals surface area (Å²) in [4.78, 5) is 7.70. The molecule has 4 rings (SSSR count). The molecule has 2 nitrogen and oxygen atoms in total. The maximum absolute atomic E-state index is 5.26. The van der Waals surface area contributed by atoms with E-state index in [9.17, 15) is 0 Å². The second kappa shape index (κ2) is 8.41. The van der Waals surface area contributed by atoms with Crippen molar-refractivity contribution in [3.63, 3.8) is 0 Å². The molecule has 3 aromatic rings. The fraction of sp³-hybridized carbons (Fsp3) is 0.370. The monoisotopic (exact) mass is 384 g/mol. The fourth-order valence-corrected chi connectivity index (χ4v) is 4.93. The first-order valence-corrected chi connectivity index (χ1v) is 11.0. The molecule has 0 aliphatic heterocycles. The van der Waals surface area contributed by atoms with Gasteiger partial charge in [-0.3, -0.25) is 4.98 Å². The van der Waals surface area contributed by atoms with Crippen molar-refractivity contribution in [3.05, 3.63) is 82.5 Å². The number of pyridine rings is 1. The van der Waals surface area contributed by atoms with Gasteiger partial charge in [0.25, 0.3) is 0 Å². The molecular formula is C27H32N2. The van der Waals surface area contributed by atoms with Crippen molar-refractivity contribution in [3.8, 4) is 11.3 Å². The smallest absolute Gasteiger partial charge is 0.0713 e. The van der Waals surface area contributed by atoms with E-state index in [0.29, 0.717) is 6.04 Å². The Morgan fingerprint density at radius 1 is 0.966 bits per heavy atom. The lowest BCUT2D eigenvalue weighted by Crippen LogP contribution is -2.29. The zero-order chi connectivity index (χ0) is 20.4. The molecule has 1 unspecified atom stereocenters. The molecule has 1 atom stereocenters. The van der Waals surface area contributed by atoms with E-state index in [1.165, 1.54) is 57.7 Å². The van der Waals surface area contributed by atoms with E-state index in [1.54, 1.807) is 0 Å². The van der Waals surface area contributed by atoms with Gasteiger partial charge >= 0.3 is 0 Å². The van der Waals surface area contributed by atoms with Crippen LogP contribution < -0.4 is 4.90 Å². The molecule has 0 saturated heterocycles. The summed E-state index contributed by atoms with van der Waals surface area (Å²) in [6, 6.07) is 20.2. The van der Waals surface area contributed by atoms with Gasteiger partial charge in [-0.05, 0) is 79.5 Å². The largest absolute Gasteiger partial charge is 0.367 e. The Morgan fingerprint density at radius 2 is 1.66 bits per heavy atom. The normalized spacial score (nSPS) is 15.8. The number of rotatable bonds is 5. The van der Waals surface area contributed by atoms with Crippen molar-refractivity contribution in [2.45, 2.75) is 58.9 Å². The topological polar surface area (TPSA) is 16.1 Å². The molecule has 0 N–H and O–H groups in total. The lowest BCUT2D eigenvalue weighted by molar-refractivity contribution is 0.534. The number of fused-ring (bicyclic) bond motifs is 1. The van der Waals surface area contributed by atoms with Crippen LogP contribution in [0.4, 0.5) is 5.69 Å². The van der Waals surface area contributed by atoms with E-state index in [4.69, 9.17) is 4.98 Å². The SMILES string of the molecule is CCc1cccc(CC)c1-c1cc(C)c2c(n1)CCCC2N(C)c1ccccc1. The molecule has 0 amide bonds. The highest BCUT2D eigenvalue weighted by Crippen LogP contribution is 2.39. The summed E-state index contributed by atoms with van der Waals surface area (Å²) in [5.74, 6) is 0. The highest BCUT2D eigenvalue weighted by Gasteiger charge is 2.28. The van der Waals surface area contributed by atoms with E-state index in [1.807, 2.05) is 0 Å². The van der Waals surface area contributed by atoms with Crippen LogP contribution in [0.1, 0.15) is 60.7 Å². The van der Waals surface area contributed by atoms with Crippen LogP contribution in [-0.4, -0.2) is 12.0 Å². The zero-order valence-electron chi connectivity index (χ0n) is 18.2. The molecule has 1 heterocycles. The quantitative estimate of drug-likeness (QED) is 0.487. The summed E-state index contributed by atoms with van der Waals surface area (Å²) >= 11 is 0. The summed E-state index contributed by atoms with van der Waals surface area (Å²) in [6.07, 6.45) is 5.55. The molecule has 0 radical (unpaired) electrons. The molecule has 150 valence electrons. The van der Waals surface area contributed by atoms with E-state index < -0.39 is 0 Å². The van der Waals surface area contributed by atoms with E-state index in [0.717, 1.165) is 19.3 Å². The molecular weight excluding hydrogens is 352 g/mol. The van der Waals surface area contributed by atoms with Gasteiger partial charge in [-0.2, -0.15) is 0 Å². The number of hydrogen-bond donors (Lipinski definition) is 0. The van der Waals surface area contributed by atoms with Gasteiger partial charge < -0.3 is 4.90 Å². The van der Waals surface area contributed by atoms with E-state index in [2.05, 4.69) is 87.3 Å². The van der Waals surface area contributed by atoms with Crippen LogP contribution in [0.5, 0.6) is 0 Å². The number of nitrogens with zero attached hydrogens (tertiary/aromatic N) is 2. The second-order valence-corrected chi connectivity index (χ2v) is 8.20. The van der Waals surface area contributed by atoms with Gasteiger partial charge in [0.2, 0.25) is 0 Å². The maximum atomic E-state index is 5.26. The number of hydrogen-bond acceptors (Lipinski definition) is 2. The van der Waals surface area contributed by atoms with Gasteiger partial charge in [0.05, 0.1) is 11.7 Å². The van der Waals surface area contributed by atoms with Gasteiger partial charge in [-0.1, -0.05) is 50.2 Å². The minimum atomic E-state index is 0.398. The summed E-state index contributed by atoms with van der Waals surface area (Å²) in [6.45, 7) is 6.77. The molecule has 1 aliphatic carbocycles. The highest BCUT2D eigenvalue weighted by atomic mass is 15.1. The van der Waals surface area contributed by atoms with Crippen LogP contribution in [0.3, 0.4) is 0 Å². The first-order valence-electron chi connectivity index (χ1n) is 11.0. The van der Waals surface area contributed by atoms with E-state index in [-0.39, 0.29) is 0 Å². The van der Waals surface area contributed by atoms with Crippen molar-refractivity contribution >= 4 is 5.69 Å². The number of aromatic nitrogens is 1. The first-order chi connectivity index (χ1) is 14.1. The van der Waals surface area contributed by atoms with Crippen LogP contribution in [0.2, 0.25) is 0 Å². The predicted octanol–water partition coefficient (Wildman–Crippen LogP) is 6.70. The van der Waals surface area contributed by atoms with Crippen molar-refractivity contribution < 1.29 is 0 Å². The Kier molecular flexibility index (Phi) is 5.71. The van der Waals surface area contributed by atoms with Crippen molar-refractivity contribution in [1.29, 1.82) is 0 Å². The zero-order valence-corrected chi connectivity index (χ0v) is 18.2. The average molecular weight is 385 g/mol. The Balaban J connectivity index is 1.80. The number of benzene rings is 2. The second-order valence-electron chi connectivity index (χ2n) is 8.20. The van der Waals surface area contributed by atoms with Gasteiger partial charge in [-0.15, -0.1) is 0 Å². The highest BCUT2D eigenvalue weighted by molar-refractivity contribution is 5.70. The van der Waals surface area contributed by atoms with Crippen molar-refractivity contribution in [2.24, 2.45) is 0 Å². The Labute approximate surface area is 175 Å². The van der Waals surface area contributed by atoms with Crippen molar-refractivity contribution in [1.82, 2.24) is 4.98 Å². The third-order valence-electron chi connectivity index (χ3n) is 6.45. The lowest BCUT2D eigenvalue weighted by atomic mass is 9.85. The average Bonchev–Trinajstić information content (AvgIpc) is 2.78. The Morgan fingerprint density at radius 3 is 2.31 bits per heavy atom. The Hall–Kier alpha value is -2.61. The Bertz CT molecular complexity index is 969. The third kappa shape index (κ3) is 3.69. The van der Waals surface area contributed by atoms with Crippen LogP contribution in [0, 0.1) is 6.92 Å².